The van der Waals surface area contributed by atoms with Crippen molar-refractivity contribution in [2.24, 2.45) is 5.92 Å². The van der Waals surface area contributed by atoms with Crippen LogP contribution in [0.25, 0.3) is 5.69 Å². The number of hydrogen-bond acceptors (Lipinski definition) is 4. The van der Waals surface area contributed by atoms with Gasteiger partial charge in [0, 0.05) is 23.8 Å². The third kappa shape index (κ3) is 5.67. The standard InChI is InChI=1S/C21H30N4O3S/c1-15-9-11-18(12-10-15)24-29(27,28)14-21(26)22-13-20-16(2)23-25(17(20)3)19-7-5-4-6-8-19/h4-8,15,18,24H,9-14H2,1-3H3,(H,22,26). The molecular weight excluding hydrogens is 388 g/mol. The first-order valence-corrected chi connectivity index (χ1v) is 11.8. The van der Waals surface area contributed by atoms with E-state index in [4.69, 9.17) is 0 Å². The Balaban J connectivity index is 1.57. The highest BCUT2D eigenvalue weighted by Gasteiger charge is 2.25. The van der Waals surface area contributed by atoms with Crippen molar-refractivity contribution in [3.8, 4) is 5.69 Å². The fourth-order valence-electron chi connectivity index (χ4n) is 3.84. The normalized spacial score (nSPS) is 19.8. The van der Waals surface area contributed by atoms with Gasteiger partial charge >= 0.3 is 0 Å². The molecule has 0 saturated heterocycles. The average Bonchev–Trinajstić information content (AvgIpc) is 2.96. The smallest absolute Gasteiger partial charge is 0.236 e. The zero-order chi connectivity index (χ0) is 21.0. The van der Waals surface area contributed by atoms with Crippen LogP contribution in [0.2, 0.25) is 0 Å². The number of amides is 1. The van der Waals surface area contributed by atoms with Crippen molar-refractivity contribution in [3.05, 3.63) is 47.3 Å². The van der Waals surface area contributed by atoms with E-state index < -0.39 is 21.7 Å². The third-order valence-corrected chi connectivity index (χ3v) is 6.92. The highest BCUT2D eigenvalue weighted by molar-refractivity contribution is 7.90. The Morgan fingerprint density at radius 3 is 2.45 bits per heavy atom. The number of para-hydroxylation sites is 1. The fraction of sp³-hybridized carbons (Fsp3) is 0.524. The second-order valence-corrected chi connectivity index (χ2v) is 9.76. The summed E-state index contributed by atoms with van der Waals surface area (Å²) in [6, 6.07) is 9.70. The summed E-state index contributed by atoms with van der Waals surface area (Å²) in [6.07, 6.45) is 3.70. The molecule has 2 N–H and O–H groups in total. The van der Waals surface area contributed by atoms with Gasteiger partial charge in [-0.25, -0.2) is 17.8 Å². The zero-order valence-electron chi connectivity index (χ0n) is 17.3. The minimum atomic E-state index is -3.64. The maximum absolute atomic E-state index is 12.3. The molecule has 158 valence electrons. The van der Waals surface area contributed by atoms with Crippen molar-refractivity contribution in [1.29, 1.82) is 0 Å². The van der Waals surface area contributed by atoms with E-state index in [9.17, 15) is 13.2 Å². The van der Waals surface area contributed by atoms with Crippen molar-refractivity contribution < 1.29 is 13.2 Å². The Morgan fingerprint density at radius 1 is 1.14 bits per heavy atom. The molecule has 0 bridgehead atoms. The van der Waals surface area contributed by atoms with Crippen molar-refractivity contribution in [3.63, 3.8) is 0 Å². The van der Waals surface area contributed by atoms with E-state index in [2.05, 4.69) is 22.1 Å². The van der Waals surface area contributed by atoms with Gasteiger partial charge < -0.3 is 5.32 Å². The van der Waals surface area contributed by atoms with Crippen LogP contribution in [-0.2, 0) is 21.4 Å². The van der Waals surface area contributed by atoms with Crippen LogP contribution in [0, 0.1) is 19.8 Å². The SMILES string of the molecule is Cc1nn(-c2ccccc2)c(C)c1CNC(=O)CS(=O)(=O)NC1CCC(C)CC1. The van der Waals surface area contributed by atoms with E-state index in [0.717, 1.165) is 48.3 Å². The molecule has 0 radical (unpaired) electrons. The van der Waals surface area contributed by atoms with Crippen LogP contribution in [0.15, 0.2) is 30.3 Å². The maximum atomic E-state index is 12.3. The number of carbonyl (C=O) groups excluding carboxylic acids is 1. The predicted octanol–water partition coefficient (Wildman–Crippen LogP) is 2.60. The molecule has 3 rings (SSSR count). The Morgan fingerprint density at radius 2 is 1.79 bits per heavy atom. The highest BCUT2D eigenvalue weighted by atomic mass is 32.2. The summed E-state index contributed by atoms with van der Waals surface area (Å²) in [5.41, 5.74) is 3.57. The Hall–Kier alpha value is -2.19. The van der Waals surface area contributed by atoms with E-state index >= 15 is 0 Å². The second kappa shape index (κ2) is 9.09. The van der Waals surface area contributed by atoms with Crippen LogP contribution in [0.3, 0.4) is 0 Å². The molecular formula is C21H30N4O3S. The van der Waals surface area contributed by atoms with Crippen molar-refractivity contribution >= 4 is 15.9 Å². The summed E-state index contributed by atoms with van der Waals surface area (Å²) in [4.78, 5) is 12.3. The Kier molecular flexibility index (Phi) is 6.74. The number of benzene rings is 1. The maximum Gasteiger partial charge on any atom is 0.236 e. The number of nitrogens with zero attached hydrogens (tertiary/aromatic N) is 2. The molecule has 2 aromatic rings. The summed E-state index contributed by atoms with van der Waals surface area (Å²) in [5, 5.41) is 7.29. The molecule has 0 unspecified atom stereocenters. The van der Waals surface area contributed by atoms with E-state index in [-0.39, 0.29) is 12.6 Å². The molecule has 1 aliphatic rings. The predicted molar refractivity (Wildman–Crippen MR) is 113 cm³/mol. The molecule has 1 aromatic heterocycles. The molecule has 0 spiro atoms. The van der Waals surface area contributed by atoms with Gasteiger partial charge in [0.2, 0.25) is 15.9 Å². The fourth-order valence-corrected chi connectivity index (χ4v) is 5.11. The Labute approximate surface area is 172 Å². The van der Waals surface area contributed by atoms with Gasteiger partial charge in [-0.2, -0.15) is 5.10 Å². The molecule has 1 heterocycles. The monoisotopic (exact) mass is 418 g/mol. The lowest BCUT2D eigenvalue weighted by atomic mass is 9.88. The first-order valence-electron chi connectivity index (χ1n) is 10.1. The van der Waals surface area contributed by atoms with Crippen LogP contribution in [-0.4, -0.2) is 35.9 Å². The first-order chi connectivity index (χ1) is 13.7. The summed E-state index contributed by atoms with van der Waals surface area (Å²) >= 11 is 0. The van der Waals surface area contributed by atoms with Crippen molar-refractivity contribution in [1.82, 2.24) is 19.8 Å². The lowest BCUT2D eigenvalue weighted by Crippen LogP contribution is -2.42. The number of aryl methyl sites for hydroxylation is 1. The second-order valence-electron chi connectivity index (χ2n) is 8.01. The van der Waals surface area contributed by atoms with E-state index in [1.54, 1.807) is 0 Å². The summed E-state index contributed by atoms with van der Waals surface area (Å²) in [6.45, 7) is 6.26. The van der Waals surface area contributed by atoms with Gasteiger partial charge in [-0.05, 0) is 57.6 Å². The minimum Gasteiger partial charge on any atom is -0.351 e. The number of carbonyl (C=O) groups is 1. The third-order valence-electron chi connectivity index (χ3n) is 5.59. The van der Waals surface area contributed by atoms with Crippen LogP contribution in [0.5, 0.6) is 0 Å². The number of aromatic nitrogens is 2. The van der Waals surface area contributed by atoms with Crippen LogP contribution < -0.4 is 10.0 Å². The van der Waals surface area contributed by atoms with Crippen molar-refractivity contribution in [2.45, 2.75) is 59.0 Å². The quantitative estimate of drug-likeness (QED) is 0.723. The first kappa shape index (κ1) is 21.5. The summed E-state index contributed by atoms with van der Waals surface area (Å²) in [5.74, 6) is -0.417. The van der Waals surface area contributed by atoms with Gasteiger partial charge in [0.15, 0.2) is 0 Å². The molecule has 1 aliphatic carbocycles. The lowest BCUT2D eigenvalue weighted by molar-refractivity contribution is -0.118. The molecule has 29 heavy (non-hydrogen) atoms. The van der Waals surface area contributed by atoms with Gasteiger partial charge in [-0.1, -0.05) is 25.1 Å². The molecule has 0 atom stereocenters. The summed E-state index contributed by atoms with van der Waals surface area (Å²) < 4.78 is 29.2. The van der Waals surface area contributed by atoms with Crippen LogP contribution in [0.4, 0.5) is 0 Å². The van der Waals surface area contributed by atoms with Gasteiger partial charge in [-0.3, -0.25) is 4.79 Å². The largest absolute Gasteiger partial charge is 0.351 e. The zero-order valence-corrected chi connectivity index (χ0v) is 18.1. The molecule has 1 aromatic carbocycles. The van der Waals surface area contributed by atoms with E-state index in [1.165, 1.54) is 0 Å². The molecule has 0 aliphatic heterocycles. The van der Waals surface area contributed by atoms with Crippen LogP contribution in [0.1, 0.15) is 49.6 Å². The molecule has 1 saturated carbocycles. The molecule has 7 nitrogen and oxygen atoms in total. The molecule has 1 fully saturated rings. The van der Waals surface area contributed by atoms with Gasteiger partial charge in [0.05, 0.1) is 11.4 Å². The highest BCUT2D eigenvalue weighted by Crippen LogP contribution is 2.24. The topological polar surface area (TPSA) is 93.1 Å². The minimum absolute atomic E-state index is 0.0578. The van der Waals surface area contributed by atoms with Crippen molar-refractivity contribution in [2.75, 3.05) is 5.75 Å². The summed E-state index contributed by atoms with van der Waals surface area (Å²) in [7, 11) is -3.64. The Bertz CT molecular complexity index is 946. The van der Waals surface area contributed by atoms with Gasteiger partial charge in [0.25, 0.3) is 0 Å². The molecule has 1 amide bonds. The van der Waals surface area contributed by atoms with Gasteiger partial charge in [-0.15, -0.1) is 0 Å². The number of hydrogen-bond donors (Lipinski definition) is 2. The number of sulfonamides is 1. The number of nitrogens with one attached hydrogen (secondary N) is 2. The van der Waals surface area contributed by atoms with Gasteiger partial charge in [0.1, 0.15) is 5.75 Å². The lowest BCUT2D eigenvalue weighted by Gasteiger charge is -2.26. The number of rotatable bonds is 7. The molecule has 8 heteroatoms. The van der Waals surface area contributed by atoms with E-state index in [0.29, 0.717) is 5.92 Å². The van der Waals surface area contributed by atoms with E-state index in [1.807, 2.05) is 48.9 Å². The van der Waals surface area contributed by atoms with Crippen LogP contribution >= 0.6 is 0 Å². The average molecular weight is 419 g/mol.